The van der Waals surface area contributed by atoms with Crippen molar-refractivity contribution in [1.82, 2.24) is 4.90 Å². The van der Waals surface area contributed by atoms with Gasteiger partial charge in [0.1, 0.15) is 5.82 Å². The number of carboxylic acid groups (broad SMARTS) is 1. The van der Waals surface area contributed by atoms with Crippen LogP contribution in [0.3, 0.4) is 0 Å². The largest absolute Gasteiger partial charge is 0.481 e. The molecule has 1 unspecified atom stereocenters. The number of halogens is 3. The van der Waals surface area contributed by atoms with E-state index in [1.165, 1.54) is 12.1 Å². The maximum atomic E-state index is 14.0. The molecule has 0 aliphatic carbocycles. The molecular formula is C26H23Cl2FN4O2. The van der Waals surface area contributed by atoms with Crippen molar-refractivity contribution in [2.24, 2.45) is 4.99 Å². The first-order valence-corrected chi connectivity index (χ1v) is 12.1. The van der Waals surface area contributed by atoms with Gasteiger partial charge in [0.05, 0.1) is 23.2 Å². The molecule has 2 aliphatic rings. The highest BCUT2D eigenvalue weighted by Crippen LogP contribution is 2.41. The number of benzene rings is 3. The first-order valence-electron chi connectivity index (χ1n) is 11.3. The van der Waals surface area contributed by atoms with Gasteiger partial charge in [-0.05, 0) is 42.5 Å². The second-order valence-corrected chi connectivity index (χ2v) is 9.35. The molecule has 5 rings (SSSR count). The van der Waals surface area contributed by atoms with Crippen LogP contribution in [0.5, 0.6) is 0 Å². The van der Waals surface area contributed by atoms with Gasteiger partial charge in [-0.1, -0.05) is 47.5 Å². The number of guanidine groups is 1. The number of para-hydroxylation sites is 1. The van der Waals surface area contributed by atoms with Crippen molar-refractivity contribution in [3.05, 3.63) is 88.2 Å². The van der Waals surface area contributed by atoms with E-state index in [0.29, 0.717) is 29.8 Å². The molecule has 6 nitrogen and oxygen atoms in total. The first-order chi connectivity index (χ1) is 16.9. The molecule has 35 heavy (non-hydrogen) atoms. The summed E-state index contributed by atoms with van der Waals surface area (Å²) in [6.45, 7) is 2.81. The molecule has 0 radical (unpaired) electrons. The van der Waals surface area contributed by atoms with E-state index in [0.717, 1.165) is 30.0 Å². The van der Waals surface area contributed by atoms with Gasteiger partial charge in [0.15, 0.2) is 0 Å². The second-order valence-electron chi connectivity index (χ2n) is 8.51. The summed E-state index contributed by atoms with van der Waals surface area (Å²) in [5.74, 6) is -0.838. The molecule has 0 bridgehead atoms. The third-order valence-corrected chi connectivity index (χ3v) is 6.85. The molecule has 1 atom stereocenters. The third kappa shape index (κ3) is 4.79. The van der Waals surface area contributed by atoms with E-state index in [1.807, 2.05) is 53.4 Å². The van der Waals surface area contributed by atoms with Gasteiger partial charge in [0, 0.05) is 48.1 Å². The van der Waals surface area contributed by atoms with Crippen LogP contribution >= 0.6 is 23.2 Å². The van der Waals surface area contributed by atoms with Crippen LogP contribution in [-0.4, -0.2) is 48.1 Å². The molecule has 2 heterocycles. The van der Waals surface area contributed by atoms with Crippen LogP contribution in [0.2, 0.25) is 10.0 Å². The minimum atomic E-state index is -0.935. The summed E-state index contributed by atoms with van der Waals surface area (Å²) in [4.78, 5) is 23.1. The van der Waals surface area contributed by atoms with E-state index >= 15 is 0 Å². The Morgan fingerprint density at radius 1 is 0.943 bits per heavy atom. The smallest absolute Gasteiger partial charge is 0.305 e. The Balaban J connectivity index is 1.52. The van der Waals surface area contributed by atoms with Crippen LogP contribution in [0.1, 0.15) is 18.0 Å². The zero-order chi connectivity index (χ0) is 24.5. The molecule has 1 saturated heterocycles. The highest BCUT2D eigenvalue weighted by Gasteiger charge is 2.36. The predicted octanol–water partition coefficient (Wildman–Crippen LogP) is 5.98. The summed E-state index contributed by atoms with van der Waals surface area (Å²) in [5.41, 5.74) is 3.18. The van der Waals surface area contributed by atoms with E-state index in [9.17, 15) is 14.3 Å². The number of piperazine rings is 1. The number of hydrogen-bond acceptors (Lipinski definition) is 5. The predicted molar refractivity (Wildman–Crippen MR) is 138 cm³/mol. The number of fused-ring (bicyclic) bond motifs is 1. The molecule has 1 N–H and O–H groups in total. The van der Waals surface area contributed by atoms with Gasteiger partial charge in [0.2, 0.25) is 5.96 Å². The summed E-state index contributed by atoms with van der Waals surface area (Å²) in [7, 11) is 0. The summed E-state index contributed by atoms with van der Waals surface area (Å²) in [6, 6.07) is 19.2. The molecule has 180 valence electrons. The number of nitrogens with zero attached hydrogens (tertiary/aromatic N) is 4. The van der Waals surface area contributed by atoms with Crippen molar-refractivity contribution in [3.63, 3.8) is 0 Å². The normalized spacial score (nSPS) is 17.7. The molecular weight excluding hydrogens is 490 g/mol. The minimum Gasteiger partial charge on any atom is -0.481 e. The minimum absolute atomic E-state index is 0.0273. The number of carbonyl (C=O) groups is 1. The number of aliphatic carboxylic acids is 1. The van der Waals surface area contributed by atoms with Gasteiger partial charge in [-0.25, -0.2) is 9.38 Å². The summed E-state index contributed by atoms with van der Waals surface area (Å²) in [6.07, 6.45) is -0.145. The number of anilines is 2. The van der Waals surface area contributed by atoms with Crippen molar-refractivity contribution >= 4 is 52.2 Å². The van der Waals surface area contributed by atoms with Crippen LogP contribution in [0.25, 0.3) is 0 Å². The maximum Gasteiger partial charge on any atom is 0.305 e. The first kappa shape index (κ1) is 23.5. The van der Waals surface area contributed by atoms with Crippen LogP contribution in [-0.2, 0) is 4.79 Å². The molecule has 0 spiro atoms. The lowest BCUT2D eigenvalue weighted by Gasteiger charge is -2.45. The number of aliphatic imine (C=N–C) groups is 1. The quantitative estimate of drug-likeness (QED) is 0.466. The van der Waals surface area contributed by atoms with E-state index in [-0.39, 0.29) is 11.4 Å². The molecule has 9 heteroatoms. The van der Waals surface area contributed by atoms with Crippen LogP contribution in [0, 0.1) is 5.82 Å². The maximum absolute atomic E-state index is 14.0. The van der Waals surface area contributed by atoms with Gasteiger partial charge >= 0.3 is 5.97 Å². The van der Waals surface area contributed by atoms with Gasteiger partial charge in [0.25, 0.3) is 0 Å². The highest BCUT2D eigenvalue weighted by molar-refractivity contribution is 6.31. The number of hydrogen-bond donors (Lipinski definition) is 1. The van der Waals surface area contributed by atoms with Crippen molar-refractivity contribution in [2.45, 2.75) is 12.5 Å². The Hall–Kier alpha value is -3.29. The van der Waals surface area contributed by atoms with Crippen molar-refractivity contribution in [2.75, 3.05) is 36.0 Å². The van der Waals surface area contributed by atoms with Crippen LogP contribution in [0.4, 0.5) is 21.5 Å². The van der Waals surface area contributed by atoms with E-state index < -0.39 is 17.8 Å². The fourth-order valence-corrected chi connectivity index (χ4v) is 5.03. The van der Waals surface area contributed by atoms with Crippen molar-refractivity contribution in [1.29, 1.82) is 0 Å². The van der Waals surface area contributed by atoms with Crippen molar-refractivity contribution < 1.29 is 14.3 Å². The van der Waals surface area contributed by atoms with E-state index in [4.69, 9.17) is 28.2 Å². The third-order valence-electron chi connectivity index (χ3n) is 6.33. The Kier molecular flexibility index (Phi) is 6.54. The van der Waals surface area contributed by atoms with Crippen LogP contribution in [0.15, 0.2) is 71.7 Å². The molecule has 0 amide bonds. The Bertz CT molecular complexity index is 1290. The van der Waals surface area contributed by atoms with Gasteiger partial charge in [-0.15, -0.1) is 0 Å². The lowest BCUT2D eigenvalue weighted by Crippen LogP contribution is -2.55. The molecule has 2 aliphatic heterocycles. The average molecular weight is 513 g/mol. The molecule has 1 fully saturated rings. The standard InChI is InChI=1S/C26H23Cl2FN4O2/c27-17-4-3-5-18(14-17)31-10-12-32(13-11-31)26-30-23-7-2-1-6-20(23)24(16-25(34)35)33(26)19-8-9-22(29)21(28)15-19/h1-9,14-15,24H,10-13,16H2,(H,34,35). The lowest BCUT2D eigenvalue weighted by atomic mass is 9.97. The Morgan fingerprint density at radius 3 is 2.40 bits per heavy atom. The van der Waals surface area contributed by atoms with E-state index in [1.54, 1.807) is 6.07 Å². The average Bonchev–Trinajstić information content (AvgIpc) is 2.85. The number of carboxylic acids is 1. The SMILES string of the molecule is O=C(O)CC1c2ccccc2N=C(N2CCN(c3cccc(Cl)c3)CC2)N1c1ccc(F)c(Cl)c1. The zero-order valence-electron chi connectivity index (χ0n) is 18.7. The molecule has 0 saturated carbocycles. The summed E-state index contributed by atoms with van der Waals surface area (Å²) >= 11 is 12.3. The van der Waals surface area contributed by atoms with Crippen molar-refractivity contribution in [3.8, 4) is 0 Å². The van der Waals surface area contributed by atoms with Gasteiger partial charge in [-0.3, -0.25) is 4.79 Å². The monoisotopic (exact) mass is 512 g/mol. The Morgan fingerprint density at radius 2 is 1.69 bits per heavy atom. The molecule has 3 aromatic carbocycles. The molecule has 0 aromatic heterocycles. The number of rotatable bonds is 4. The topological polar surface area (TPSA) is 59.4 Å². The van der Waals surface area contributed by atoms with Gasteiger partial charge < -0.3 is 19.8 Å². The summed E-state index contributed by atoms with van der Waals surface area (Å²) in [5, 5.41) is 10.4. The fraction of sp³-hybridized carbons (Fsp3) is 0.231. The molecule has 3 aromatic rings. The van der Waals surface area contributed by atoms with E-state index in [2.05, 4.69) is 9.80 Å². The second kappa shape index (κ2) is 9.76. The van der Waals surface area contributed by atoms with Gasteiger partial charge in [-0.2, -0.15) is 0 Å². The lowest BCUT2D eigenvalue weighted by molar-refractivity contribution is -0.137. The summed E-state index contributed by atoms with van der Waals surface area (Å²) < 4.78 is 14.0. The highest BCUT2D eigenvalue weighted by atomic mass is 35.5. The Labute approximate surface area is 212 Å². The fourth-order valence-electron chi connectivity index (χ4n) is 4.67. The van der Waals surface area contributed by atoms with Crippen LogP contribution < -0.4 is 9.80 Å². The zero-order valence-corrected chi connectivity index (χ0v) is 20.3.